The fourth-order valence-electron chi connectivity index (χ4n) is 2.28. The van der Waals surface area contributed by atoms with E-state index in [0.717, 1.165) is 15.7 Å². The standard InChI is InChI=1S/C16H17BrN2O2/c1-9-7-10(2)18-15(14(9)16(20)21)19-11(3)12-5-4-6-13(17)8-12/h4-8,11H,1-3H3,(H,18,19)(H,20,21). The van der Waals surface area contributed by atoms with Crippen LogP contribution in [0.3, 0.4) is 0 Å². The van der Waals surface area contributed by atoms with Gasteiger partial charge in [0.05, 0.1) is 6.04 Å². The highest BCUT2D eigenvalue weighted by Crippen LogP contribution is 2.25. The summed E-state index contributed by atoms with van der Waals surface area (Å²) in [4.78, 5) is 15.8. The monoisotopic (exact) mass is 348 g/mol. The quantitative estimate of drug-likeness (QED) is 0.862. The minimum absolute atomic E-state index is 0.0469. The fourth-order valence-corrected chi connectivity index (χ4v) is 2.69. The van der Waals surface area contributed by atoms with Gasteiger partial charge in [0, 0.05) is 10.2 Å². The van der Waals surface area contributed by atoms with Gasteiger partial charge in [-0.05, 0) is 50.1 Å². The molecule has 0 amide bonds. The van der Waals surface area contributed by atoms with E-state index in [1.54, 1.807) is 13.0 Å². The number of aromatic carboxylic acids is 1. The number of nitrogens with one attached hydrogen (secondary N) is 1. The average molecular weight is 349 g/mol. The Kier molecular flexibility index (Phi) is 4.63. The summed E-state index contributed by atoms with van der Waals surface area (Å²) in [5, 5.41) is 12.6. The topological polar surface area (TPSA) is 62.2 Å². The van der Waals surface area contributed by atoms with Gasteiger partial charge >= 0.3 is 5.97 Å². The number of nitrogens with zero attached hydrogens (tertiary/aromatic N) is 1. The van der Waals surface area contributed by atoms with Gasteiger partial charge in [-0.25, -0.2) is 9.78 Å². The van der Waals surface area contributed by atoms with Gasteiger partial charge in [0.25, 0.3) is 0 Å². The summed E-state index contributed by atoms with van der Waals surface area (Å²) in [6.07, 6.45) is 0. The molecule has 2 aromatic rings. The number of anilines is 1. The Bertz CT molecular complexity index is 686. The Morgan fingerprint density at radius 2 is 2.05 bits per heavy atom. The lowest BCUT2D eigenvalue weighted by molar-refractivity contribution is 0.0696. The van der Waals surface area contributed by atoms with Gasteiger partial charge < -0.3 is 10.4 Å². The third-order valence-corrected chi connectivity index (χ3v) is 3.75. The fraction of sp³-hybridized carbons (Fsp3) is 0.250. The second-order valence-electron chi connectivity index (χ2n) is 5.03. The first-order chi connectivity index (χ1) is 9.88. The molecule has 0 bridgehead atoms. The van der Waals surface area contributed by atoms with Crippen molar-refractivity contribution >= 4 is 27.7 Å². The lowest BCUT2D eigenvalue weighted by Crippen LogP contribution is -2.14. The third kappa shape index (κ3) is 3.61. The van der Waals surface area contributed by atoms with E-state index in [1.165, 1.54) is 0 Å². The van der Waals surface area contributed by atoms with Crippen LogP contribution >= 0.6 is 15.9 Å². The second-order valence-corrected chi connectivity index (χ2v) is 5.95. The molecule has 2 rings (SSSR count). The molecule has 0 saturated carbocycles. The zero-order chi connectivity index (χ0) is 15.6. The Balaban J connectivity index is 2.37. The van der Waals surface area contributed by atoms with Gasteiger partial charge in [-0.1, -0.05) is 28.1 Å². The summed E-state index contributed by atoms with van der Waals surface area (Å²) in [7, 11) is 0. The van der Waals surface area contributed by atoms with Crippen molar-refractivity contribution in [3.8, 4) is 0 Å². The molecular weight excluding hydrogens is 332 g/mol. The van der Waals surface area contributed by atoms with Crippen LogP contribution in [-0.4, -0.2) is 16.1 Å². The minimum atomic E-state index is -0.969. The number of pyridine rings is 1. The number of aromatic nitrogens is 1. The first kappa shape index (κ1) is 15.5. The summed E-state index contributed by atoms with van der Waals surface area (Å²) >= 11 is 3.44. The molecule has 5 heteroatoms. The molecule has 1 atom stereocenters. The lowest BCUT2D eigenvalue weighted by Gasteiger charge is -2.18. The Morgan fingerprint density at radius 1 is 1.33 bits per heavy atom. The molecule has 2 N–H and O–H groups in total. The molecule has 0 aliphatic carbocycles. The summed E-state index contributed by atoms with van der Waals surface area (Å²) in [6.45, 7) is 5.62. The van der Waals surface area contributed by atoms with Gasteiger partial charge in [-0.3, -0.25) is 0 Å². The number of aryl methyl sites for hydroxylation is 2. The van der Waals surface area contributed by atoms with Gasteiger partial charge in [0.15, 0.2) is 0 Å². The van der Waals surface area contributed by atoms with Crippen LogP contribution in [0.5, 0.6) is 0 Å². The van der Waals surface area contributed by atoms with Crippen molar-refractivity contribution in [3.05, 3.63) is 57.2 Å². The maximum absolute atomic E-state index is 11.4. The van der Waals surface area contributed by atoms with Crippen LogP contribution in [-0.2, 0) is 0 Å². The molecule has 0 spiro atoms. The van der Waals surface area contributed by atoms with Crippen molar-refractivity contribution in [1.82, 2.24) is 4.98 Å². The van der Waals surface area contributed by atoms with E-state index >= 15 is 0 Å². The van der Waals surface area contributed by atoms with Crippen LogP contribution in [0, 0.1) is 13.8 Å². The van der Waals surface area contributed by atoms with Gasteiger partial charge in [0.2, 0.25) is 0 Å². The number of rotatable bonds is 4. The van der Waals surface area contributed by atoms with Crippen molar-refractivity contribution in [2.24, 2.45) is 0 Å². The SMILES string of the molecule is Cc1cc(C)c(C(=O)O)c(NC(C)c2cccc(Br)c2)n1. The van der Waals surface area contributed by atoms with Crippen molar-refractivity contribution in [3.63, 3.8) is 0 Å². The van der Waals surface area contributed by atoms with E-state index in [-0.39, 0.29) is 11.6 Å². The molecule has 0 fully saturated rings. The van der Waals surface area contributed by atoms with Crippen LogP contribution in [0.2, 0.25) is 0 Å². The number of hydrogen-bond acceptors (Lipinski definition) is 3. The summed E-state index contributed by atoms with van der Waals surface area (Å²) < 4.78 is 0.987. The normalized spacial score (nSPS) is 12.0. The zero-order valence-electron chi connectivity index (χ0n) is 12.1. The van der Waals surface area contributed by atoms with E-state index < -0.39 is 5.97 Å². The molecule has 1 unspecified atom stereocenters. The summed E-state index contributed by atoms with van der Waals surface area (Å²) in [6, 6.07) is 9.62. The number of hydrogen-bond donors (Lipinski definition) is 2. The maximum atomic E-state index is 11.4. The zero-order valence-corrected chi connectivity index (χ0v) is 13.7. The van der Waals surface area contributed by atoms with Gasteiger partial charge in [-0.15, -0.1) is 0 Å². The predicted octanol–water partition coefficient (Wildman–Crippen LogP) is 4.33. The average Bonchev–Trinajstić information content (AvgIpc) is 2.37. The summed E-state index contributed by atoms with van der Waals surface area (Å²) in [5.74, 6) is -0.559. The van der Waals surface area contributed by atoms with Crippen molar-refractivity contribution < 1.29 is 9.90 Å². The van der Waals surface area contributed by atoms with Crippen LogP contribution in [0.1, 0.15) is 40.1 Å². The largest absolute Gasteiger partial charge is 0.478 e. The number of carbonyl (C=O) groups is 1. The molecule has 0 radical (unpaired) electrons. The predicted molar refractivity (Wildman–Crippen MR) is 86.9 cm³/mol. The van der Waals surface area contributed by atoms with Crippen molar-refractivity contribution in [1.29, 1.82) is 0 Å². The van der Waals surface area contributed by atoms with Gasteiger partial charge in [0.1, 0.15) is 11.4 Å². The molecule has 0 aliphatic heterocycles. The van der Waals surface area contributed by atoms with Crippen LogP contribution in [0.4, 0.5) is 5.82 Å². The highest BCUT2D eigenvalue weighted by atomic mass is 79.9. The Morgan fingerprint density at radius 3 is 2.67 bits per heavy atom. The van der Waals surface area contributed by atoms with E-state index in [1.807, 2.05) is 38.1 Å². The molecule has 110 valence electrons. The Hall–Kier alpha value is -1.88. The molecule has 0 aliphatic rings. The maximum Gasteiger partial charge on any atom is 0.339 e. The highest BCUT2D eigenvalue weighted by Gasteiger charge is 2.17. The Labute approximate surface area is 132 Å². The van der Waals surface area contributed by atoms with Gasteiger partial charge in [-0.2, -0.15) is 0 Å². The number of halogens is 1. The second kappa shape index (κ2) is 6.26. The molecular formula is C16H17BrN2O2. The van der Waals surface area contributed by atoms with E-state index in [9.17, 15) is 9.90 Å². The molecule has 21 heavy (non-hydrogen) atoms. The van der Waals surface area contributed by atoms with Crippen molar-refractivity contribution in [2.45, 2.75) is 26.8 Å². The molecule has 1 aromatic carbocycles. The highest BCUT2D eigenvalue weighted by molar-refractivity contribution is 9.10. The first-order valence-corrected chi connectivity index (χ1v) is 7.41. The van der Waals surface area contributed by atoms with Crippen LogP contribution in [0.15, 0.2) is 34.8 Å². The van der Waals surface area contributed by atoms with Crippen LogP contribution < -0.4 is 5.32 Å². The number of carboxylic acids is 1. The lowest BCUT2D eigenvalue weighted by atomic mass is 10.1. The molecule has 0 saturated heterocycles. The third-order valence-electron chi connectivity index (χ3n) is 3.26. The van der Waals surface area contributed by atoms with Crippen LogP contribution in [0.25, 0.3) is 0 Å². The van der Waals surface area contributed by atoms with E-state index in [0.29, 0.717) is 11.4 Å². The molecule has 1 aromatic heterocycles. The molecule has 1 heterocycles. The van der Waals surface area contributed by atoms with E-state index in [4.69, 9.17) is 0 Å². The molecule has 4 nitrogen and oxygen atoms in total. The number of benzene rings is 1. The summed E-state index contributed by atoms with van der Waals surface area (Å²) in [5.41, 5.74) is 2.78. The smallest absolute Gasteiger partial charge is 0.339 e. The first-order valence-electron chi connectivity index (χ1n) is 6.62. The van der Waals surface area contributed by atoms with E-state index in [2.05, 4.69) is 26.2 Å². The minimum Gasteiger partial charge on any atom is -0.478 e. The number of carboxylic acid groups (broad SMARTS) is 1. The van der Waals surface area contributed by atoms with Crippen molar-refractivity contribution in [2.75, 3.05) is 5.32 Å².